The normalized spacial score (nSPS) is 23.1. The lowest BCUT2D eigenvalue weighted by Gasteiger charge is -2.27. The summed E-state index contributed by atoms with van der Waals surface area (Å²) in [7, 11) is 0. The Labute approximate surface area is 257 Å². The molecule has 0 aliphatic carbocycles. The summed E-state index contributed by atoms with van der Waals surface area (Å²) in [5.74, 6) is -4.46. The van der Waals surface area contributed by atoms with E-state index in [1.54, 1.807) is 26.0 Å². The molecular weight excluding hydrogens is 574 g/mol. The Balaban J connectivity index is 2.40. The predicted molar refractivity (Wildman–Crippen MR) is 159 cm³/mol. The third-order valence-electron chi connectivity index (χ3n) is 6.78. The van der Waals surface area contributed by atoms with Crippen molar-refractivity contribution in [3.05, 3.63) is 29.8 Å². The Bertz CT molecular complexity index is 1170. The number of cyclic esters (lactones) is 1. The van der Waals surface area contributed by atoms with Crippen molar-refractivity contribution in [1.29, 1.82) is 0 Å². The Hall–Kier alpha value is -4.20. The quantitative estimate of drug-likeness (QED) is 0.136. The Kier molecular flexibility index (Phi) is 14.1. The number of carbonyl (C=O) groups is 6. The average Bonchev–Trinajstić information content (AvgIpc) is 2.95. The van der Waals surface area contributed by atoms with E-state index in [0.29, 0.717) is 5.56 Å². The van der Waals surface area contributed by atoms with Gasteiger partial charge in [-0.05, 0) is 48.3 Å². The molecular formula is C30H45N5O9. The van der Waals surface area contributed by atoms with Crippen LogP contribution in [-0.2, 0) is 39.9 Å². The largest absolute Gasteiger partial charge is 0.451 e. The molecule has 0 unspecified atom stereocenters. The Morgan fingerprint density at radius 1 is 0.750 bits per heavy atom. The highest BCUT2D eigenvalue weighted by molar-refractivity contribution is 5.95. The Morgan fingerprint density at radius 2 is 1.32 bits per heavy atom. The van der Waals surface area contributed by atoms with Gasteiger partial charge in [-0.3, -0.25) is 24.0 Å². The number of hydrogen-bond donors (Lipinski definition) is 6. The molecule has 1 heterocycles. The van der Waals surface area contributed by atoms with Crippen molar-refractivity contribution >= 4 is 35.5 Å². The molecule has 0 saturated carbocycles. The number of carbonyl (C=O) groups excluding carboxylic acids is 6. The number of rotatable bonds is 8. The summed E-state index contributed by atoms with van der Waals surface area (Å²) in [6.07, 6.45) is -0.839. The van der Waals surface area contributed by atoms with Crippen LogP contribution in [0.5, 0.6) is 5.75 Å². The summed E-state index contributed by atoms with van der Waals surface area (Å²) < 4.78 is 5.54. The van der Waals surface area contributed by atoms with E-state index in [4.69, 9.17) is 9.99 Å². The first-order valence-corrected chi connectivity index (χ1v) is 14.7. The molecule has 14 heteroatoms. The second kappa shape index (κ2) is 17.2. The second-order valence-electron chi connectivity index (χ2n) is 12.0. The summed E-state index contributed by atoms with van der Waals surface area (Å²) in [5, 5.41) is 21.6. The van der Waals surface area contributed by atoms with Gasteiger partial charge in [0, 0.05) is 6.42 Å². The second-order valence-corrected chi connectivity index (χ2v) is 12.0. The van der Waals surface area contributed by atoms with Crippen LogP contribution in [0.25, 0.3) is 0 Å². The van der Waals surface area contributed by atoms with Crippen LogP contribution in [0.3, 0.4) is 0 Å². The van der Waals surface area contributed by atoms with Crippen molar-refractivity contribution < 1.29 is 43.6 Å². The molecule has 1 aromatic rings. The molecule has 1 aromatic carbocycles. The first-order valence-electron chi connectivity index (χ1n) is 14.7. The monoisotopic (exact) mass is 619 g/mol. The molecule has 0 radical (unpaired) electrons. The number of ether oxygens (including phenoxy) is 1. The van der Waals surface area contributed by atoms with Crippen molar-refractivity contribution in [2.75, 3.05) is 13.1 Å². The van der Waals surface area contributed by atoms with Crippen LogP contribution in [0.2, 0.25) is 0 Å². The topological polar surface area (TPSA) is 201 Å². The lowest BCUT2D eigenvalue weighted by atomic mass is 10.0. The van der Waals surface area contributed by atoms with Crippen molar-refractivity contribution in [2.24, 2.45) is 17.8 Å². The van der Waals surface area contributed by atoms with Gasteiger partial charge in [-0.1, -0.05) is 53.7 Å². The number of esters is 1. The van der Waals surface area contributed by atoms with Crippen molar-refractivity contribution in [1.82, 2.24) is 26.6 Å². The molecule has 244 valence electrons. The van der Waals surface area contributed by atoms with Gasteiger partial charge in [0.15, 0.2) is 11.9 Å². The molecule has 0 aromatic heterocycles. The first-order chi connectivity index (χ1) is 20.7. The number of benzene rings is 1. The molecule has 1 aliphatic heterocycles. The van der Waals surface area contributed by atoms with Crippen molar-refractivity contribution in [3.63, 3.8) is 0 Å². The predicted octanol–water partition coefficient (Wildman–Crippen LogP) is 0.441. The summed E-state index contributed by atoms with van der Waals surface area (Å²) in [5.41, 5.74) is 0.599. The summed E-state index contributed by atoms with van der Waals surface area (Å²) >= 11 is 0. The van der Waals surface area contributed by atoms with Crippen LogP contribution in [0.1, 0.15) is 59.9 Å². The fourth-order valence-electron chi connectivity index (χ4n) is 4.51. The molecule has 1 fully saturated rings. The van der Waals surface area contributed by atoms with Crippen molar-refractivity contribution in [3.8, 4) is 5.75 Å². The standard InChI is InChI=1S/C30H45N5O9/c1-16(2)11-22-30(41)43-23(12-17(3)4)28(39)32-15-25(37)35-26(18(5)6)29(40)34-21(27(38)31-14-24(36)33-22)13-19-7-9-20(44-42)10-8-19/h7-10,16-18,21-23,26,42H,11-15H2,1-6H3,(H,31,38)(H,32,39)(H,33,36)(H,34,40)(H,35,37)/t21-,22+,23-,26-/m0/s1. The van der Waals surface area contributed by atoms with Gasteiger partial charge in [0.25, 0.3) is 5.91 Å². The average molecular weight is 620 g/mol. The van der Waals surface area contributed by atoms with Crippen LogP contribution in [0, 0.1) is 17.8 Å². The van der Waals surface area contributed by atoms with Gasteiger partial charge < -0.3 is 36.2 Å². The van der Waals surface area contributed by atoms with E-state index < -0.39 is 78.7 Å². The highest BCUT2D eigenvalue weighted by atomic mass is 17.1. The summed E-state index contributed by atoms with van der Waals surface area (Å²) in [4.78, 5) is 82.6. The highest BCUT2D eigenvalue weighted by Crippen LogP contribution is 2.15. The van der Waals surface area contributed by atoms with Crippen LogP contribution >= 0.6 is 0 Å². The van der Waals surface area contributed by atoms with E-state index in [1.165, 1.54) is 12.1 Å². The van der Waals surface area contributed by atoms with E-state index in [1.807, 2.05) is 27.7 Å². The van der Waals surface area contributed by atoms with Gasteiger partial charge in [-0.25, -0.2) is 10.1 Å². The lowest BCUT2D eigenvalue weighted by Crippen LogP contribution is -2.58. The van der Waals surface area contributed by atoms with Crippen LogP contribution in [0.15, 0.2) is 24.3 Å². The molecule has 6 N–H and O–H groups in total. The fraction of sp³-hybridized carbons (Fsp3) is 0.600. The zero-order valence-corrected chi connectivity index (χ0v) is 26.1. The lowest BCUT2D eigenvalue weighted by molar-refractivity contribution is -0.160. The maximum atomic E-state index is 13.3. The van der Waals surface area contributed by atoms with Gasteiger partial charge in [-0.2, -0.15) is 0 Å². The van der Waals surface area contributed by atoms with Crippen LogP contribution in [-0.4, -0.2) is 78.1 Å². The maximum absolute atomic E-state index is 13.3. The molecule has 0 bridgehead atoms. The van der Waals surface area contributed by atoms with E-state index in [2.05, 4.69) is 31.5 Å². The number of nitrogens with one attached hydrogen (secondary N) is 5. The SMILES string of the molecule is CC(C)C[C@@H]1OC(=O)[C@@H](CC(C)C)NC(=O)CNC(=O)[C@H](Cc2ccc(OO)cc2)NC(=O)[C@H](C(C)C)NC(=O)CNC1=O. The van der Waals surface area contributed by atoms with Gasteiger partial charge in [0.1, 0.15) is 18.1 Å². The van der Waals surface area contributed by atoms with E-state index in [-0.39, 0.29) is 36.8 Å². The van der Waals surface area contributed by atoms with E-state index in [0.717, 1.165) is 0 Å². The van der Waals surface area contributed by atoms with Gasteiger partial charge in [-0.15, -0.1) is 0 Å². The molecule has 4 atom stereocenters. The fourth-order valence-corrected chi connectivity index (χ4v) is 4.51. The maximum Gasteiger partial charge on any atom is 0.329 e. The van der Waals surface area contributed by atoms with Crippen LogP contribution in [0.4, 0.5) is 0 Å². The van der Waals surface area contributed by atoms with Gasteiger partial charge in [0.05, 0.1) is 13.1 Å². The first kappa shape index (κ1) is 36.0. The molecule has 1 saturated heterocycles. The minimum Gasteiger partial charge on any atom is -0.451 e. The minimum absolute atomic E-state index is 0.000734. The van der Waals surface area contributed by atoms with E-state index >= 15 is 0 Å². The Morgan fingerprint density at radius 3 is 1.86 bits per heavy atom. The number of amides is 5. The van der Waals surface area contributed by atoms with Crippen LogP contribution < -0.4 is 31.5 Å². The molecule has 1 aliphatic rings. The molecule has 44 heavy (non-hydrogen) atoms. The number of hydrogen-bond acceptors (Lipinski definition) is 9. The van der Waals surface area contributed by atoms with Crippen molar-refractivity contribution in [2.45, 2.75) is 85.0 Å². The zero-order chi connectivity index (χ0) is 33.0. The smallest absolute Gasteiger partial charge is 0.329 e. The minimum atomic E-state index is -1.22. The third kappa shape index (κ3) is 11.8. The third-order valence-corrected chi connectivity index (χ3v) is 6.78. The zero-order valence-electron chi connectivity index (χ0n) is 26.1. The molecule has 5 amide bonds. The van der Waals surface area contributed by atoms with Gasteiger partial charge in [0.2, 0.25) is 23.6 Å². The summed E-state index contributed by atoms with van der Waals surface area (Å²) in [6.45, 7) is 9.78. The van der Waals surface area contributed by atoms with Gasteiger partial charge >= 0.3 is 5.97 Å². The molecule has 0 spiro atoms. The van der Waals surface area contributed by atoms with E-state index in [9.17, 15) is 28.8 Å². The highest BCUT2D eigenvalue weighted by Gasteiger charge is 2.33. The summed E-state index contributed by atoms with van der Waals surface area (Å²) in [6, 6.07) is 2.77. The molecule has 14 nitrogen and oxygen atoms in total. The molecule has 2 rings (SSSR count).